The molecule has 0 atom stereocenters. The Morgan fingerprint density at radius 3 is 2.20 bits per heavy atom. The second-order valence-electron chi connectivity index (χ2n) is 13.5. The van der Waals surface area contributed by atoms with E-state index in [2.05, 4.69) is 58.3 Å². The summed E-state index contributed by atoms with van der Waals surface area (Å²) in [7, 11) is 0. The Morgan fingerprint density at radius 1 is 1.11 bits per heavy atom. The molecule has 3 rings (SSSR count). The molecule has 0 bridgehead atoms. The van der Waals surface area contributed by atoms with E-state index in [0.29, 0.717) is 11.6 Å². The number of benzene rings is 1. The molecule has 1 N–H and O–H groups in total. The number of carbonyl (C=O) groups excluding carboxylic acids is 1. The van der Waals surface area contributed by atoms with Gasteiger partial charge < -0.3 is 10.2 Å². The molecule has 1 heterocycles. The molecule has 1 aliphatic carbocycles. The molecule has 5 heteroatoms. The first-order chi connectivity index (χ1) is 21.6. The number of carbonyl (C=O) groups is 1. The number of anilines is 1. The second kappa shape index (κ2) is 18.6. The van der Waals surface area contributed by atoms with Crippen LogP contribution in [0, 0.1) is 11.8 Å². The van der Waals surface area contributed by atoms with Crippen molar-refractivity contribution in [1.29, 1.82) is 0 Å². The molecule has 254 valence electrons. The molecule has 2 aliphatic rings. The molecule has 1 aromatic rings. The third-order valence-electron chi connectivity index (χ3n) is 8.07. The first kappa shape index (κ1) is 40.6. The summed E-state index contributed by atoms with van der Waals surface area (Å²) < 4.78 is 14.5. The van der Waals surface area contributed by atoms with Crippen molar-refractivity contribution in [2.24, 2.45) is 16.8 Å². The van der Waals surface area contributed by atoms with Gasteiger partial charge in [-0.25, -0.2) is 4.39 Å². The maximum atomic E-state index is 14.5. The Balaban J connectivity index is 0.00000163. The van der Waals surface area contributed by atoms with Gasteiger partial charge in [-0.2, -0.15) is 0 Å². The van der Waals surface area contributed by atoms with E-state index >= 15 is 0 Å². The first-order valence-electron chi connectivity index (χ1n) is 17.1. The van der Waals surface area contributed by atoms with Crippen LogP contribution in [0.1, 0.15) is 127 Å². The number of allylic oxidation sites excluding steroid dienone is 8. The average Bonchev–Trinajstić information content (AvgIpc) is 3.18. The van der Waals surface area contributed by atoms with Gasteiger partial charge in [-0.05, 0) is 119 Å². The van der Waals surface area contributed by atoms with Gasteiger partial charge in [0.25, 0.3) is 0 Å². The number of nitrogens with zero attached hydrogens (tertiary/aromatic N) is 2. The zero-order chi connectivity index (χ0) is 35.4. The van der Waals surface area contributed by atoms with Crippen LogP contribution in [0.4, 0.5) is 10.1 Å². The summed E-state index contributed by atoms with van der Waals surface area (Å²) in [6.07, 6.45) is 10.8. The molecular formula is C41H62FN3O. The minimum absolute atomic E-state index is 0.182. The predicted molar refractivity (Wildman–Crippen MR) is 201 cm³/mol. The third-order valence-corrected chi connectivity index (χ3v) is 8.07. The SMILES string of the molecule is C=C/C(F)=C(\C=C(C)C)N/C(C)=C(C)/C(=C\C(=C)c1ccc2c(c1)N(C1CC(CC)C1)C(=O)C2(C)C)N=CCC.CC.CC(C)C. The van der Waals surface area contributed by atoms with Crippen LogP contribution in [0.25, 0.3) is 5.57 Å². The summed E-state index contributed by atoms with van der Waals surface area (Å²) in [4.78, 5) is 20.3. The van der Waals surface area contributed by atoms with Gasteiger partial charge in [-0.15, -0.1) is 0 Å². The van der Waals surface area contributed by atoms with Crippen LogP contribution < -0.4 is 10.2 Å². The molecule has 1 saturated carbocycles. The lowest BCUT2D eigenvalue weighted by molar-refractivity contribution is -0.123. The van der Waals surface area contributed by atoms with Crippen LogP contribution in [0.3, 0.4) is 0 Å². The zero-order valence-electron chi connectivity index (χ0n) is 31.2. The number of nitrogens with one attached hydrogen (secondary N) is 1. The van der Waals surface area contributed by atoms with Crippen molar-refractivity contribution in [3.05, 3.63) is 94.8 Å². The molecule has 0 unspecified atom stereocenters. The maximum absolute atomic E-state index is 14.5. The number of aliphatic imine (C=N–C) groups is 1. The molecule has 4 nitrogen and oxygen atoms in total. The standard InChI is InChI=1S/C35H46FN3O.C4H10.C2H6/c1-11-16-37-31(24(7)25(8)38-32(17-22(4)5)30(36)13-3)18-23(6)27-14-15-29-33(21-27)39(34(40)35(29,9)10)28-19-26(12-2)20-28;1-4(2)3;1-2/h13-18,21,26,28,38H,3,6,11-12,19-20H2,1-2,4-5,7-10H3;4H,1-3H3;1-2H3/b25-24+,31-18+,32-30-,37-16?;;. The Kier molecular flexibility index (Phi) is 16.4. The lowest BCUT2D eigenvalue weighted by Gasteiger charge is -2.41. The van der Waals surface area contributed by atoms with Crippen LogP contribution in [0.15, 0.2) is 88.6 Å². The number of rotatable bonds is 11. The molecule has 1 aromatic carbocycles. The second-order valence-corrected chi connectivity index (χ2v) is 13.5. The summed E-state index contributed by atoms with van der Waals surface area (Å²) in [5.41, 5.74) is 7.00. The Morgan fingerprint density at radius 2 is 1.70 bits per heavy atom. The highest BCUT2D eigenvalue weighted by atomic mass is 19.1. The summed E-state index contributed by atoms with van der Waals surface area (Å²) in [6.45, 7) is 34.5. The van der Waals surface area contributed by atoms with Crippen molar-refractivity contribution in [1.82, 2.24) is 5.32 Å². The highest BCUT2D eigenvalue weighted by Gasteiger charge is 2.48. The molecule has 0 saturated heterocycles. The highest BCUT2D eigenvalue weighted by Crippen LogP contribution is 2.48. The van der Waals surface area contributed by atoms with Gasteiger partial charge in [-0.3, -0.25) is 9.79 Å². The summed E-state index contributed by atoms with van der Waals surface area (Å²) in [5, 5.41) is 3.20. The minimum Gasteiger partial charge on any atom is -0.356 e. The van der Waals surface area contributed by atoms with Crippen molar-refractivity contribution in [3.63, 3.8) is 0 Å². The largest absolute Gasteiger partial charge is 0.356 e. The normalized spacial score (nSPS) is 19.5. The molecular weight excluding hydrogens is 569 g/mol. The van der Waals surface area contributed by atoms with E-state index in [1.807, 2.05) is 85.6 Å². The van der Waals surface area contributed by atoms with Gasteiger partial charge in [0, 0.05) is 23.6 Å². The molecule has 46 heavy (non-hydrogen) atoms. The zero-order valence-corrected chi connectivity index (χ0v) is 31.2. The number of hydrogen-bond donors (Lipinski definition) is 1. The van der Waals surface area contributed by atoms with Crippen LogP contribution in [-0.4, -0.2) is 18.2 Å². The van der Waals surface area contributed by atoms with Crippen molar-refractivity contribution in [3.8, 4) is 0 Å². The molecule has 1 fully saturated rings. The fraction of sp³-hybridized carbons (Fsp3) is 0.512. The Hall–Kier alpha value is -3.47. The van der Waals surface area contributed by atoms with E-state index in [4.69, 9.17) is 4.99 Å². The number of amides is 1. The van der Waals surface area contributed by atoms with E-state index in [9.17, 15) is 9.18 Å². The van der Waals surface area contributed by atoms with E-state index in [1.54, 1.807) is 6.08 Å². The highest BCUT2D eigenvalue weighted by molar-refractivity contribution is 6.08. The minimum atomic E-state index is -0.543. The Bertz CT molecular complexity index is 1370. The summed E-state index contributed by atoms with van der Waals surface area (Å²) in [5.74, 6) is 1.29. The van der Waals surface area contributed by atoms with Crippen LogP contribution in [0.2, 0.25) is 0 Å². The van der Waals surface area contributed by atoms with E-state index < -0.39 is 11.2 Å². The van der Waals surface area contributed by atoms with Gasteiger partial charge in [-0.1, -0.05) is 85.8 Å². The average molecular weight is 632 g/mol. The van der Waals surface area contributed by atoms with Crippen LogP contribution in [-0.2, 0) is 10.2 Å². The van der Waals surface area contributed by atoms with E-state index in [-0.39, 0.29) is 11.9 Å². The van der Waals surface area contributed by atoms with E-state index in [0.717, 1.165) is 76.5 Å². The smallest absolute Gasteiger partial charge is 0.237 e. The molecule has 1 aliphatic heterocycles. The maximum Gasteiger partial charge on any atom is 0.237 e. The Labute approximate surface area is 281 Å². The van der Waals surface area contributed by atoms with Crippen molar-refractivity contribution < 1.29 is 9.18 Å². The fourth-order valence-electron chi connectivity index (χ4n) is 5.32. The van der Waals surface area contributed by atoms with Crippen molar-refractivity contribution >= 4 is 23.4 Å². The van der Waals surface area contributed by atoms with E-state index in [1.165, 1.54) is 6.08 Å². The molecule has 0 aromatic heterocycles. The third kappa shape index (κ3) is 10.5. The quantitative estimate of drug-likeness (QED) is 0.195. The monoisotopic (exact) mass is 631 g/mol. The lowest BCUT2D eigenvalue weighted by Crippen LogP contribution is -2.49. The predicted octanol–water partition coefficient (Wildman–Crippen LogP) is 11.8. The fourth-order valence-corrected chi connectivity index (χ4v) is 5.32. The first-order valence-corrected chi connectivity index (χ1v) is 17.1. The van der Waals surface area contributed by atoms with Gasteiger partial charge in [0.2, 0.25) is 5.91 Å². The van der Waals surface area contributed by atoms with Crippen LogP contribution in [0.5, 0.6) is 0 Å². The van der Waals surface area contributed by atoms with Gasteiger partial charge in [0.15, 0.2) is 0 Å². The van der Waals surface area contributed by atoms with Crippen LogP contribution >= 0.6 is 0 Å². The summed E-state index contributed by atoms with van der Waals surface area (Å²) in [6, 6.07) is 6.50. The topological polar surface area (TPSA) is 44.7 Å². The number of fused-ring (bicyclic) bond motifs is 1. The van der Waals surface area contributed by atoms with Gasteiger partial charge >= 0.3 is 0 Å². The summed E-state index contributed by atoms with van der Waals surface area (Å²) >= 11 is 0. The van der Waals surface area contributed by atoms with Gasteiger partial charge in [0.05, 0.1) is 16.8 Å². The molecule has 0 spiro atoms. The number of halogens is 1. The number of hydrogen-bond acceptors (Lipinski definition) is 3. The van der Waals surface area contributed by atoms with Crippen molar-refractivity contribution in [2.75, 3.05) is 4.90 Å². The molecule has 1 amide bonds. The van der Waals surface area contributed by atoms with Crippen molar-refractivity contribution in [2.45, 2.75) is 127 Å². The lowest BCUT2D eigenvalue weighted by atomic mass is 9.77. The molecule has 0 radical (unpaired) electrons. The van der Waals surface area contributed by atoms with Gasteiger partial charge in [0.1, 0.15) is 5.83 Å².